The molecule has 0 fully saturated rings. The molecule has 0 bridgehead atoms. The van der Waals surface area contributed by atoms with Crippen LogP contribution in [0.1, 0.15) is 51.7 Å². The van der Waals surface area contributed by atoms with Crippen LogP contribution in [0, 0.1) is 5.92 Å². The molecule has 0 spiro atoms. The lowest BCUT2D eigenvalue weighted by molar-refractivity contribution is -0.151. The molecule has 29 heavy (non-hydrogen) atoms. The van der Waals surface area contributed by atoms with Gasteiger partial charge in [0.2, 0.25) is 0 Å². The molecule has 0 aliphatic carbocycles. The van der Waals surface area contributed by atoms with Gasteiger partial charge in [-0.15, -0.1) is 0 Å². The summed E-state index contributed by atoms with van der Waals surface area (Å²) in [5.74, 6) is -4.02. The second kappa shape index (κ2) is 8.00. The number of hydrogen-bond acceptors (Lipinski definition) is 5. The van der Waals surface area contributed by atoms with Crippen LogP contribution in [-0.4, -0.2) is 30.4 Å². The summed E-state index contributed by atoms with van der Waals surface area (Å²) >= 11 is 0. The molecule has 5 nitrogen and oxygen atoms in total. The SMILES string of the molecule is COC(=O)C1C(C)=NC(C)=C(C(=O)OC(C)(C)C)C1c1ccccc1C(F)(F)F. The summed E-state index contributed by atoms with van der Waals surface area (Å²) in [6.45, 7) is 7.98. The molecule has 1 aliphatic heterocycles. The molecule has 1 heterocycles. The molecule has 0 N–H and O–H groups in total. The quantitative estimate of drug-likeness (QED) is 0.678. The van der Waals surface area contributed by atoms with E-state index in [9.17, 15) is 22.8 Å². The fraction of sp³-hybridized carbons (Fsp3) is 0.476. The zero-order valence-corrected chi connectivity index (χ0v) is 17.2. The van der Waals surface area contributed by atoms with Crippen LogP contribution < -0.4 is 0 Å². The van der Waals surface area contributed by atoms with Crippen molar-refractivity contribution in [3.63, 3.8) is 0 Å². The highest BCUT2D eigenvalue weighted by atomic mass is 19.4. The summed E-state index contributed by atoms with van der Waals surface area (Å²) in [5, 5.41) is 0. The first-order valence-corrected chi connectivity index (χ1v) is 9.01. The van der Waals surface area contributed by atoms with Crippen LogP contribution in [0.15, 0.2) is 40.5 Å². The summed E-state index contributed by atoms with van der Waals surface area (Å²) in [5.41, 5.74) is -1.62. The Hall–Kier alpha value is -2.64. The molecule has 0 amide bonds. The summed E-state index contributed by atoms with van der Waals surface area (Å²) in [4.78, 5) is 29.7. The lowest BCUT2D eigenvalue weighted by Gasteiger charge is -2.33. The normalized spacial score (nSPS) is 20.2. The topological polar surface area (TPSA) is 65.0 Å². The van der Waals surface area contributed by atoms with E-state index < -0.39 is 41.1 Å². The number of halogens is 3. The minimum absolute atomic E-state index is 0.0855. The minimum Gasteiger partial charge on any atom is -0.468 e. The average molecular weight is 411 g/mol. The van der Waals surface area contributed by atoms with Crippen molar-refractivity contribution >= 4 is 17.7 Å². The van der Waals surface area contributed by atoms with E-state index in [0.29, 0.717) is 0 Å². The monoisotopic (exact) mass is 411 g/mol. The van der Waals surface area contributed by atoms with Crippen molar-refractivity contribution < 1.29 is 32.2 Å². The van der Waals surface area contributed by atoms with Crippen LogP contribution in [0.4, 0.5) is 13.2 Å². The number of alkyl halides is 3. The van der Waals surface area contributed by atoms with Crippen molar-refractivity contribution in [1.29, 1.82) is 0 Å². The zero-order chi connectivity index (χ0) is 22.1. The van der Waals surface area contributed by atoms with Crippen LogP contribution in [-0.2, 0) is 25.2 Å². The van der Waals surface area contributed by atoms with Gasteiger partial charge in [-0.3, -0.25) is 9.79 Å². The van der Waals surface area contributed by atoms with E-state index in [1.807, 2.05) is 0 Å². The Balaban J connectivity index is 2.78. The molecule has 1 aromatic rings. The lowest BCUT2D eigenvalue weighted by atomic mass is 9.74. The second-order valence-electron chi connectivity index (χ2n) is 7.82. The van der Waals surface area contributed by atoms with E-state index in [2.05, 4.69) is 4.99 Å². The predicted octanol–water partition coefficient (Wildman–Crippen LogP) is 4.67. The Bertz CT molecular complexity index is 879. The third-order valence-electron chi connectivity index (χ3n) is 4.50. The molecule has 2 rings (SSSR count). The molecule has 1 aliphatic rings. The van der Waals surface area contributed by atoms with Gasteiger partial charge >= 0.3 is 18.1 Å². The number of hydrogen-bond donors (Lipinski definition) is 0. The number of nitrogens with zero attached hydrogens (tertiary/aromatic N) is 1. The third-order valence-corrected chi connectivity index (χ3v) is 4.50. The maximum Gasteiger partial charge on any atom is 0.416 e. The maximum absolute atomic E-state index is 13.7. The molecule has 158 valence electrons. The van der Waals surface area contributed by atoms with Gasteiger partial charge in [-0.2, -0.15) is 13.2 Å². The number of aliphatic imine (C=N–C) groups is 1. The van der Waals surface area contributed by atoms with Gasteiger partial charge in [0.05, 0.1) is 18.2 Å². The fourth-order valence-electron chi connectivity index (χ4n) is 3.43. The number of esters is 2. The van der Waals surface area contributed by atoms with E-state index in [0.717, 1.165) is 13.2 Å². The minimum atomic E-state index is -4.67. The molecule has 2 atom stereocenters. The van der Waals surface area contributed by atoms with Crippen LogP contribution in [0.3, 0.4) is 0 Å². The Morgan fingerprint density at radius 3 is 2.17 bits per heavy atom. The highest BCUT2D eigenvalue weighted by molar-refractivity contribution is 6.07. The molecule has 0 aromatic heterocycles. The van der Waals surface area contributed by atoms with Gasteiger partial charge in [-0.05, 0) is 46.2 Å². The standard InChI is InChI=1S/C21H24F3NO4/c1-11-15(18(26)28-6)17(13-9-7-8-10-14(13)21(22,23)24)16(12(2)25-11)19(27)29-20(3,4)5/h7-10,15,17H,1-6H3. The number of carbonyl (C=O) groups excluding carboxylic acids is 2. The van der Waals surface area contributed by atoms with Crippen LogP contribution in [0.5, 0.6) is 0 Å². The largest absolute Gasteiger partial charge is 0.468 e. The van der Waals surface area contributed by atoms with Crippen molar-refractivity contribution in [2.45, 2.75) is 52.3 Å². The zero-order valence-electron chi connectivity index (χ0n) is 17.2. The fourth-order valence-corrected chi connectivity index (χ4v) is 3.43. The number of rotatable bonds is 3. The van der Waals surface area contributed by atoms with Crippen LogP contribution in [0.2, 0.25) is 0 Å². The molecule has 0 saturated carbocycles. The smallest absolute Gasteiger partial charge is 0.416 e. The summed E-state index contributed by atoms with van der Waals surface area (Å²) in [6.07, 6.45) is -4.67. The van der Waals surface area contributed by atoms with E-state index in [4.69, 9.17) is 9.47 Å². The van der Waals surface area contributed by atoms with Gasteiger partial charge in [0.25, 0.3) is 0 Å². The number of methoxy groups -OCH3 is 1. The van der Waals surface area contributed by atoms with Gasteiger partial charge in [0, 0.05) is 17.3 Å². The van der Waals surface area contributed by atoms with Gasteiger partial charge < -0.3 is 9.47 Å². The first-order valence-electron chi connectivity index (χ1n) is 9.01. The predicted molar refractivity (Wildman–Crippen MR) is 101 cm³/mol. The van der Waals surface area contributed by atoms with Crippen molar-refractivity contribution in [2.75, 3.05) is 7.11 Å². The average Bonchev–Trinajstić information content (AvgIpc) is 2.58. The Morgan fingerprint density at radius 2 is 1.66 bits per heavy atom. The molecule has 2 unspecified atom stereocenters. The van der Waals surface area contributed by atoms with Crippen LogP contribution >= 0.6 is 0 Å². The highest BCUT2D eigenvalue weighted by Crippen LogP contribution is 2.45. The van der Waals surface area contributed by atoms with Crippen molar-refractivity contribution in [3.05, 3.63) is 46.7 Å². The van der Waals surface area contributed by atoms with Gasteiger partial charge in [0.15, 0.2) is 0 Å². The van der Waals surface area contributed by atoms with Gasteiger partial charge in [0.1, 0.15) is 11.5 Å². The Kier molecular flexibility index (Phi) is 6.25. The number of carbonyl (C=O) groups is 2. The van der Waals surface area contributed by atoms with Gasteiger partial charge in [-0.25, -0.2) is 4.79 Å². The highest BCUT2D eigenvalue weighted by Gasteiger charge is 2.46. The molecule has 0 saturated heterocycles. The Morgan fingerprint density at radius 1 is 1.07 bits per heavy atom. The summed E-state index contributed by atoms with van der Waals surface area (Å²) < 4.78 is 51.4. The van der Waals surface area contributed by atoms with E-state index >= 15 is 0 Å². The summed E-state index contributed by atoms with van der Waals surface area (Å²) in [6, 6.07) is 4.88. The first kappa shape index (κ1) is 22.6. The van der Waals surface area contributed by atoms with Crippen molar-refractivity contribution in [1.82, 2.24) is 0 Å². The summed E-state index contributed by atoms with van der Waals surface area (Å²) in [7, 11) is 1.14. The number of ether oxygens (including phenoxy) is 2. The number of benzene rings is 1. The van der Waals surface area contributed by atoms with E-state index in [1.54, 1.807) is 20.8 Å². The molecular formula is C21H24F3NO4. The Labute approximate surface area is 167 Å². The van der Waals surface area contributed by atoms with Gasteiger partial charge in [-0.1, -0.05) is 18.2 Å². The molecule has 0 radical (unpaired) electrons. The second-order valence-corrected chi connectivity index (χ2v) is 7.82. The molecule has 8 heteroatoms. The van der Waals surface area contributed by atoms with E-state index in [-0.39, 0.29) is 22.5 Å². The van der Waals surface area contributed by atoms with Crippen LogP contribution in [0.25, 0.3) is 0 Å². The third kappa shape index (κ3) is 4.86. The number of allylic oxidation sites excluding steroid dienone is 1. The molecular weight excluding hydrogens is 387 g/mol. The van der Waals surface area contributed by atoms with E-state index in [1.165, 1.54) is 32.0 Å². The van der Waals surface area contributed by atoms with Crippen molar-refractivity contribution in [2.24, 2.45) is 10.9 Å². The molecule has 1 aromatic carbocycles. The maximum atomic E-state index is 13.7. The van der Waals surface area contributed by atoms with Crippen molar-refractivity contribution in [3.8, 4) is 0 Å². The lowest BCUT2D eigenvalue weighted by Crippen LogP contribution is -2.38. The first-order chi connectivity index (χ1) is 13.3.